The summed E-state index contributed by atoms with van der Waals surface area (Å²) in [6.45, 7) is 4.40. The Kier molecular flexibility index (Phi) is 9.09. The van der Waals surface area contributed by atoms with E-state index in [4.69, 9.17) is 4.74 Å². The Hall–Kier alpha value is -5.78. The maximum absolute atomic E-state index is 14.2. The van der Waals surface area contributed by atoms with Gasteiger partial charge >= 0.3 is 0 Å². The van der Waals surface area contributed by atoms with Crippen LogP contribution in [0.2, 0.25) is 0 Å². The largest absolute Gasteiger partial charge is 0.504 e. The predicted molar refractivity (Wildman–Crippen MR) is 202 cm³/mol. The second kappa shape index (κ2) is 13.8. The fourth-order valence-electron chi connectivity index (χ4n) is 7.31. The molecule has 3 amide bonds. The number of ether oxygens (including phenoxy) is 1. The topological polar surface area (TPSA) is 185 Å². The van der Waals surface area contributed by atoms with E-state index < -0.39 is 69.3 Å². The van der Waals surface area contributed by atoms with E-state index >= 15 is 0 Å². The molecule has 0 bridgehead atoms. The van der Waals surface area contributed by atoms with Gasteiger partial charge in [-0.25, -0.2) is 13.8 Å². The van der Waals surface area contributed by atoms with Crippen LogP contribution >= 0.6 is 22.7 Å². The second-order valence-corrected chi connectivity index (χ2v) is 15.8. The Morgan fingerprint density at radius 3 is 2.25 bits per heavy atom. The molecule has 5 aromatic rings. The molecule has 8 rings (SSSR count). The predicted octanol–water partition coefficient (Wildman–Crippen LogP) is 6.60. The molecule has 0 saturated carbocycles. The van der Waals surface area contributed by atoms with E-state index in [2.05, 4.69) is 15.6 Å². The SMILES string of the molecule is Cc1cnc(N2CC3(CCOCC3)C2)c(C(=O)Nc2c(O)c(O)c(C(=O)N3CCc4cc(C(=O)Nc5c(F)cccc5F)sc4-c4sccc43)c(O)c2O)c1. The number of nitrogens with zero attached hydrogens (tertiary/aromatic N) is 3. The van der Waals surface area contributed by atoms with Crippen molar-refractivity contribution in [1.29, 1.82) is 0 Å². The van der Waals surface area contributed by atoms with Gasteiger partial charge in [-0.15, -0.1) is 22.7 Å². The third-order valence-corrected chi connectivity index (χ3v) is 12.5. The summed E-state index contributed by atoms with van der Waals surface area (Å²) < 4.78 is 33.9. The van der Waals surface area contributed by atoms with Crippen molar-refractivity contribution in [3.63, 3.8) is 0 Å². The highest BCUT2D eigenvalue weighted by Crippen LogP contribution is 2.52. The average molecular weight is 790 g/mol. The number of hydrogen-bond acceptors (Lipinski definition) is 12. The molecule has 0 aliphatic carbocycles. The van der Waals surface area contributed by atoms with Crippen LogP contribution in [0.5, 0.6) is 23.0 Å². The summed E-state index contributed by atoms with van der Waals surface area (Å²) in [6, 6.07) is 8.03. The number of benzene rings is 2. The van der Waals surface area contributed by atoms with Gasteiger partial charge in [0.1, 0.15) is 34.4 Å². The number of phenols is 4. The molecule has 0 unspecified atom stereocenters. The van der Waals surface area contributed by atoms with Crippen LogP contribution in [0.15, 0.2) is 48.0 Å². The van der Waals surface area contributed by atoms with Gasteiger partial charge in [-0.3, -0.25) is 14.4 Å². The molecule has 2 saturated heterocycles. The van der Waals surface area contributed by atoms with E-state index in [1.165, 1.54) is 22.3 Å². The lowest BCUT2D eigenvalue weighted by molar-refractivity contribution is -0.000511. The normalized spacial score (nSPS) is 15.8. The number of aryl methyl sites for hydroxylation is 1. The van der Waals surface area contributed by atoms with Crippen molar-refractivity contribution in [1.82, 2.24) is 4.98 Å². The zero-order valence-corrected chi connectivity index (χ0v) is 30.7. The molecule has 3 aromatic heterocycles. The third kappa shape index (κ3) is 6.27. The van der Waals surface area contributed by atoms with E-state index in [1.807, 2.05) is 4.90 Å². The molecule has 13 nitrogen and oxygen atoms in total. The first kappa shape index (κ1) is 36.2. The van der Waals surface area contributed by atoms with Gasteiger partial charge in [-0.2, -0.15) is 0 Å². The van der Waals surface area contributed by atoms with Gasteiger partial charge in [0.05, 0.1) is 25.9 Å². The van der Waals surface area contributed by atoms with Gasteiger partial charge in [0, 0.05) is 44.5 Å². The van der Waals surface area contributed by atoms with Crippen LogP contribution in [0, 0.1) is 24.0 Å². The van der Waals surface area contributed by atoms with Crippen molar-refractivity contribution in [2.24, 2.45) is 5.41 Å². The number of anilines is 4. The quantitative estimate of drug-likeness (QED) is 0.0809. The number of carbonyl (C=O) groups excluding carboxylic acids is 3. The number of phenolic OH excluding ortho intramolecular Hbond substituents is 4. The van der Waals surface area contributed by atoms with Gasteiger partial charge in [0.15, 0.2) is 23.0 Å². The van der Waals surface area contributed by atoms with Crippen LogP contribution in [0.1, 0.15) is 54.4 Å². The number of hydrogen-bond donors (Lipinski definition) is 6. The molecule has 0 radical (unpaired) electrons. The first-order valence-electron chi connectivity index (χ1n) is 17.2. The number of amides is 3. The van der Waals surface area contributed by atoms with E-state index in [-0.39, 0.29) is 28.8 Å². The minimum atomic E-state index is -1.07. The van der Waals surface area contributed by atoms with Crippen LogP contribution in [-0.2, 0) is 11.2 Å². The minimum Gasteiger partial charge on any atom is -0.504 e. The molecule has 55 heavy (non-hydrogen) atoms. The maximum Gasteiger partial charge on any atom is 0.266 e. The summed E-state index contributed by atoms with van der Waals surface area (Å²) >= 11 is 2.31. The Balaban J connectivity index is 1.05. The number of thiophene rings is 2. The summed E-state index contributed by atoms with van der Waals surface area (Å²) in [5.74, 6) is -8.15. The fraction of sp³-hybridized carbons (Fsp3) is 0.263. The Morgan fingerprint density at radius 1 is 0.891 bits per heavy atom. The minimum absolute atomic E-state index is 0.0257. The molecule has 1 spiro atoms. The lowest BCUT2D eigenvalue weighted by Crippen LogP contribution is -2.59. The number of nitrogens with one attached hydrogen (secondary N) is 2. The highest BCUT2D eigenvalue weighted by molar-refractivity contribution is 7.23. The molecule has 284 valence electrons. The van der Waals surface area contributed by atoms with Gasteiger partial charge in [0.25, 0.3) is 17.7 Å². The van der Waals surface area contributed by atoms with E-state index in [0.29, 0.717) is 58.7 Å². The molecule has 2 aromatic carbocycles. The highest BCUT2D eigenvalue weighted by atomic mass is 32.1. The van der Waals surface area contributed by atoms with Crippen molar-refractivity contribution in [3.05, 3.63) is 86.7 Å². The number of aromatic hydroxyl groups is 4. The summed E-state index contributed by atoms with van der Waals surface area (Å²) in [4.78, 5) is 49.9. The highest BCUT2D eigenvalue weighted by Gasteiger charge is 2.45. The fourth-order valence-corrected chi connectivity index (χ4v) is 9.50. The van der Waals surface area contributed by atoms with Crippen molar-refractivity contribution in [2.45, 2.75) is 26.2 Å². The molecular formula is C38H33F2N5O8S2. The average Bonchev–Trinajstić information content (AvgIpc) is 3.78. The molecule has 0 atom stereocenters. The molecule has 3 aliphatic rings. The summed E-state index contributed by atoms with van der Waals surface area (Å²) in [5.41, 5.74) is -0.185. The standard InChI is InChI=1S/C38H33F2N5O8S2/c1-18-13-20(34(41-15-18)44-16-38(17-44)7-10-53-11-8-38)35(50)43-27-30(48)28(46)25(29(47)31(27)49)37(52)45-9-5-19-14-24(55-32(19)33-23(45)6-12-54-33)36(51)42-26-21(39)3-2-4-22(26)40/h2-4,6,12-15,46-49H,5,7-11,16-17H2,1H3,(H,42,51)(H,43,50). The number of pyridine rings is 1. The third-order valence-electron chi connectivity index (χ3n) is 10.2. The van der Waals surface area contributed by atoms with Crippen LogP contribution in [0.3, 0.4) is 0 Å². The van der Waals surface area contributed by atoms with Crippen molar-refractivity contribution in [3.8, 4) is 32.8 Å². The zero-order chi connectivity index (χ0) is 38.8. The zero-order valence-electron chi connectivity index (χ0n) is 29.1. The number of halogens is 2. The monoisotopic (exact) mass is 789 g/mol. The Morgan fingerprint density at radius 2 is 1.56 bits per heavy atom. The second-order valence-electron chi connectivity index (χ2n) is 13.8. The number of aromatic nitrogens is 1. The number of rotatable bonds is 6. The van der Waals surface area contributed by atoms with Gasteiger partial charge in [-0.05, 0) is 73.0 Å². The van der Waals surface area contributed by atoms with Crippen LogP contribution in [-0.4, -0.2) is 76.0 Å². The number of fused-ring (bicyclic) bond motifs is 3. The van der Waals surface area contributed by atoms with Crippen molar-refractivity contribution < 1.29 is 48.3 Å². The van der Waals surface area contributed by atoms with Crippen molar-refractivity contribution >= 4 is 63.3 Å². The van der Waals surface area contributed by atoms with Crippen LogP contribution in [0.4, 0.5) is 31.7 Å². The van der Waals surface area contributed by atoms with Gasteiger partial charge < -0.3 is 45.6 Å². The Bertz CT molecular complexity index is 2350. The molecule has 3 aliphatic heterocycles. The lowest BCUT2D eigenvalue weighted by atomic mass is 9.73. The molecule has 6 heterocycles. The number of para-hydroxylation sites is 1. The van der Waals surface area contributed by atoms with E-state index in [0.717, 1.165) is 36.3 Å². The van der Waals surface area contributed by atoms with E-state index in [1.54, 1.807) is 36.7 Å². The maximum atomic E-state index is 14.2. The van der Waals surface area contributed by atoms with E-state index in [9.17, 15) is 43.6 Å². The molecular weight excluding hydrogens is 757 g/mol. The summed E-state index contributed by atoms with van der Waals surface area (Å²) in [7, 11) is 0. The summed E-state index contributed by atoms with van der Waals surface area (Å²) in [5, 5.41) is 50.9. The first-order valence-corrected chi connectivity index (χ1v) is 18.9. The molecule has 17 heteroatoms. The first-order chi connectivity index (χ1) is 26.4. The lowest BCUT2D eigenvalue weighted by Gasteiger charge is -2.53. The van der Waals surface area contributed by atoms with Gasteiger partial charge in [-0.1, -0.05) is 6.07 Å². The molecule has 2 fully saturated rings. The molecule has 6 N–H and O–H groups in total. The van der Waals surface area contributed by atoms with Crippen molar-refractivity contribution in [2.75, 3.05) is 53.3 Å². The Labute approximate surface area is 320 Å². The van der Waals surface area contributed by atoms with Crippen LogP contribution < -0.4 is 20.4 Å². The summed E-state index contributed by atoms with van der Waals surface area (Å²) in [6.07, 6.45) is 3.60. The smallest absolute Gasteiger partial charge is 0.266 e. The van der Waals surface area contributed by atoms with Crippen LogP contribution in [0.25, 0.3) is 9.75 Å². The number of carbonyl (C=O) groups is 3. The van der Waals surface area contributed by atoms with Gasteiger partial charge in [0.2, 0.25) is 0 Å².